The molecule has 0 saturated heterocycles. The number of carboxylic acids is 1. The maximum absolute atomic E-state index is 13.5. The van der Waals surface area contributed by atoms with Crippen molar-refractivity contribution in [2.45, 2.75) is 44.8 Å². The van der Waals surface area contributed by atoms with Crippen LogP contribution >= 0.6 is 11.6 Å². The van der Waals surface area contributed by atoms with E-state index < -0.39 is 24.6 Å². The molecule has 2 atom stereocenters. The first-order valence-corrected chi connectivity index (χ1v) is 10.9. The molecule has 0 spiro atoms. The largest absolute Gasteiger partial charge is 1.00 e. The van der Waals surface area contributed by atoms with Gasteiger partial charge in [0.25, 0.3) is 0 Å². The summed E-state index contributed by atoms with van der Waals surface area (Å²) in [7, 11) is 0. The first-order valence-electron chi connectivity index (χ1n) is 10.5. The standard InChI is InChI=1S/C25H26ClFN2O4.Na/c1-15(2)25-28-23(16-6-8-19(27)9-7-16)24(17-4-3-5-18(26)12-17)29(25)11-10-20(30)13-21(31)14-22(32)33;/h3-12,15,20-21,30-31H,13-14H2,1-2H3,(H,32,33);/q;+1/p-1/b11-10+;. The van der Waals surface area contributed by atoms with Crippen molar-refractivity contribution in [2.75, 3.05) is 0 Å². The van der Waals surface area contributed by atoms with Crippen LogP contribution in [0, 0.1) is 5.82 Å². The zero-order chi connectivity index (χ0) is 24.1. The SMILES string of the molecule is CC(C)c1nc(-c2ccc(F)cc2)c(-c2cccc(Cl)c2)n1/C=C/C(O)CC(O)CC(=O)[O-].[Na+]. The van der Waals surface area contributed by atoms with Crippen LogP contribution in [0.3, 0.4) is 0 Å². The van der Waals surface area contributed by atoms with Crippen LogP contribution < -0.4 is 34.7 Å². The maximum Gasteiger partial charge on any atom is 1.00 e. The third kappa shape index (κ3) is 7.25. The van der Waals surface area contributed by atoms with E-state index in [1.54, 1.807) is 30.5 Å². The topological polar surface area (TPSA) is 98.4 Å². The number of aliphatic hydroxyl groups excluding tert-OH is 2. The number of carbonyl (C=O) groups excluding carboxylic acids is 1. The zero-order valence-corrected chi connectivity index (χ0v) is 22.0. The Kier molecular flexibility index (Phi) is 10.5. The Morgan fingerprint density at radius 3 is 2.44 bits per heavy atom. The number of hydrogen-bond donors (Lipinski definition) is 2. The molecule has 3 rings (SSSR count). The monoisotopic (exact) mass is 494 g/mol. The molecule has 0 aliphatic heterocycles. The van der Waals surface area contributed by atoms with Crippen LogP contribution in [0.4, 0.5) is 4.39 Å². The quantitative estimate of drug-likeness (QED) is 0.430. The van der Waals surface area contributed by atoms with Crippen LogP contribution in [0.5, 0.6) is 0 Å². The summed E-state index contributed by atoms with van der Waals surface area (Å²) in [4.78, 5) is 15.5. The first-order chi connectivity index (χ1) is 15.7. The van der Waals surface area contributed by atoms with Crippen molar-refractivity contribution < 1.29 is 54.1 Å². The second-order valence-electron chi connectivity index (χ2n) is 8.08. The number of benzene rings is 2. The number of nitrogens with zero attached hydrogens (tertiary/aromatic N) is 2. The minimum absolute atomic E-state index is 0. The van der Waals surface area contributed by atoms with Gasteiger partial charge >= 0.3 is 29.6 Å². The van der Waals surface area contributed by atoms with Crippen molar-refractivity contribution in [3.63, 3.8) is 0 Å². The fraction of sp³-hybridized carbons (Fsp3) is 0.280. The van der Waals surface area contributed by atoms with Crippen molar-refractivity contribution in [3.05, 3.63) is 71.3 Å². The van der Waals surface area contributed by atoms with E-state index in [1.165, 1.54) is 18.2 Å². The van der Waals surface area contributed by atoms with Crippen molar-refractivity contribution >= 4 is 23.8 Å². The number of halogens is 2. The van der Waals surface area contributed by atoms with Crippen molar-refractivity contribution in [1.82, 2.24) is 9.55 Å². The van der Waals surface area contributed by atoms with E-state index in [0.717, 1.165) is 5.56 Å². The molecule has 0 bridgehead atoms. The Bertz CT molecular complexity index is 1150. The van der Waals surface area contributed by atoms with Crippen LogP contribution in [0.25, 0.3) is 28.7 Å². The summed E-state index contributed by atoms with van der Waals surface area (Å²) in [6.45, 7) is 3.95. The number of aliphatic hydroxyl groups is 2. The van der Waals surface area contributed by atoms with E-state index in [9.17, 15) is 24.5 Å². The summed E-state index contributed by atoms with van der Waals surface area (Å²) in [5.74, 6) is -1.04. The predicted molar refractivity (Wildman–Crippen MR) is 124 cm³/mol. The Balaban J connectivity index is 0.00000408. The molecular weight excluding hydrogens is 470 g/mol. The van der Waals surface area contributed by atoms with Gasteiger partial charge in [-0.3, -0.25) is 0 Å². The van der Waals surface area contributed by atoms with E-state index in [0.29, 0.717) is 27.8 Å². The third-order valence-electron chi connectivity index (χ3n) is 5.04. The number of hydrogen-bond acceptors (Lipinski definition) is 5. The molecule has 0 radical (unpaired) electrons. The molecule has 3 aromatic rings. The van der Waals surface area contributed by atoms with Gasteiger partial charge in [0.2, 0.25) is 0 Å². The molecule has 174 valence electrons. The van der Waals surface area contributed by atoms with Crippen molar-refractivity contribution in [1.29, 1.82) is 0 Å². The van der Waals surface area contributed by atoms with Crippen LogP contribution in [0.2, 0.25) is 5.02 Å². The smallest absolute Gasteiger partial charge is 0.550 e. The number of rotatable bonds is 9. The van der Waals surface area contributed by atoms with Gasteiger partial charge in [-0.05, 0) is 42.5 Å². The number of carboxylic acid groups (broad SMARTS) is 1. The molecule has 1 aromatic heterocycles. The molecule has 34 heavy (non-hydrogen) atoms. The van der Waals surface area contributed by atoms with Gasteiger partial charge in [-0.25, -0.2) is 9.37 Å². The second-order valence-corrected chi connectivity index (χ2v) is 8.52. The zero-order valence-electron chi connectivity index (χ0n) is 19.3. The summed E-state index contributed by atoms with van der Waals surface area (Å²) < 4.78 is 15.4. The molecule has 0 amide bonds. The summed E-state index contributed by atoms with van der Waals surface area (Å²) in [6, 6.07) is 13.3. The van der Waals surface area contributed by atoms with Crippen LogP contribution in [0.15, 0.2) is 54.6 Å². The van der Waals surface area contributed by atoms with Gasteiger partial charge in [0.05, 0.1) is 23.6 Å². The molecule has 0 saturated carbocycles. The Labute approximate surface area is 225 Å². The van der Waals surface area contributed by atoms with Gasteiger partial charge in [-0.15, -0.1) is 0 Å². The molecule has 0 fully saturated rings. The van der Waals surface area contributed by atoms with Crippen LogP contribution in [-0.4, -0.2) is 37.9 Å². The summed E-state index contributed by atoms with van der Waals surface area (Å²) in [6.07, 6.45) is 0.0622. The van der Waals surface area contributed by atoms with Gasteiger partial charge in [0.15, 0.2) is 0 Å². The fourth-order valence-corrected chi connectivity index (χ4v) is 3.74. The minimum atomic E-state index is -1.39. The molecular formula is C25H25ClFN2NaO4. The van der Waals surface area contributed by atoms with Gasteiger partial charge in [-0.1, -0.05) is 37.6 Å². The Morgan fingerprint density at radius 2 is 1.85 bits per heavy atom. The van der Waals surface area contributed by atoms with Gasteiger partial charge in [0, 0.05) is 47.1 Å². The van der Waals surface area contributed by atoms with Crippen molar-refractivity contribution in [2.24, 2.45) is 0 Å². The molecule has 2 N–H and O–H groups in total. The predicted octanol–water partition coefficient (Wildman–Crippen LogP) is 0.860. The minimum Gasteiger partial charge on any atom is -0.550 e. The number of imidazole rings is 1. The molecule has 0 aliphatic rings. The van der Waals surface area contributed by atoms with Gasteiger partial charge < -0.3 is 24.7 Å². The summed E-state index contributed by atoms with van der Waals surface area (Å²) in [5.41, 5.74) is 2.81. The first kappa shape index (κ1) is 28.2. The second kappa shape index (κ2) is 12.6. The Hall–Kier alpha value is -2.00. The molecule has 0 aliphatic carbocycles. The normalized spacial score (nSPS) is 13.1. The summed E-state index contributed by atoms with van der Waals surface area (Å²) >= 11 is 6.24. The van der Waals surface area contributed by atoms with E-state index >= 15 is 0 Å². The van der Waals surface area contributed by atoms with Gasteiger partial charge in [-0.2, -0.15) is 0 Å². The fourth-order valence-electron chi connectivity index (χ4n) is 3.55. The average molecular weight is 495 g/mol. The molecule has 2 aromatic carbocycles. The molecule has 1 heterocycles. The number of carbonyl (C=O) groups is 1. The van der Waals surface area contributed by atoms with Crippen LogP contribution in [0.1, 0.15) is 38.4 Å². The molecule has 6 nitrogen and oxygen atoms in total. The molecule has 9 heteroatoms. The van der Waals surface area contributed by atoms with Crippen LogP contribution in [-0.2, 0) is 4.79 Å². The third-order valence-corrected chi connectivity index (χ3v) is 5.28. The van der Waals surface area contributed by atoms with E-state index in [1.807, 2.05) is 30.5 Å². The van der Waals surface area contributed by atoms with E-state index in [-0.39, 0.29) is 47.7 Å². The van der Waals surface area contributed by atoms with E-state index in [2.05, 4.69) is 0 Å². The van der Waals surface area contributed by atoms with E-state index in [4.69, 9.17) is 16.6 Å². The molecule has 2 unspecified atom stereocenters. The summed E-state index contributed by atoms with van der Waals surface area (Å²) in [5, 5.41) is 31.3. The Morgan fingerprint density at radius 1 is 1.18 bits per heavy atom. The maximum atomic E-state index is 13.5. The number of aromatic nitrogens is 2. The van der Waals surface area contributed by atoms with Crippen molar-refractivity contribution in [3.8, 4) is 22.5 Å². The average Bonchev–Trinajstić information content (AvgIpc) is 3.12. The number of aliphatic carboxylic acids is 1. The van der Waals surface area contributed by atoms with Gasteiger partial charge in [0.1, 0.15) is 11.6 Å².